The first-order valence-corrected chi connectivity index (χ1v) is 13.3. The van der Waals surface area contributed by atoms with Crippen LogP contribution in [0.2, 0.25) is 0 Å². The molecular weight excluding hydrogens is 520 g/mol. The van der Waals surface area contributed by atoms with Crippen LogP contribution in [-0.2, 0) is 9.59 Å². The maximum absolute atomic E-state index is 13.2. The molecule has 0 unspecified atom stereocenters. The van der Waals surface area contributed by atoms with E-state index in [9.17, 15) is 9.59 Å². The normalized spacial score (nSPS) is 14.9. The molecule has 1 fully saturated rings. The highest BCUT2D eigenvalue weighted by Crippen LogP contribution is 2.39. The molecule has 1 saturated heterocycles. The van der Waals surface area contributed by atoms with Gasteiger partial charge in [-0.3, -0.25) is 14.5 Å². The maximum Gasteiger partial charge on any atom is 0.266 e. The maximum atomic E-state index is 13.2. The molecule has 1 atom stereocenters. The third-order valence-electron chi connectivity index (χ3n) is 5.79. The van der Waals surface area contributed by atoms with Crippen LogP contribution in [0.3, 0.4) is 0 Å². The number of hydrogen-bond donors (Lipinski definition) is 1. The van der Waals surface area contributed by atoms with Crippen LogP contribution in [-0.4, -0.2) is 41.4 Å². The van der Waals surface area contributed by atoms with Crippen LogP contribution in [0.4, 0.5) is 5.69 Å². The number of nitrogens with zero attached hydrogens (tertiary/aromatic N) is 1. The largest absolute Gasteiger partial charge is 0.494 e. The minimum atomic E-state index is -0.309. The molecule has 7 nitrogen and oxygen atoms in total. The van der Waals surface area contributed by atoms with E-state index in [1.54, 1.807) is 53.4 Å². The summed E-state index contributed by atoms with van der Waals surface area (Å²) in [6.07, 6.45) is 1.78. The second-order valence-corrected chi connectivity index (χ2v) is 10.0. The molecular formula is C29H28N2O5S2. The van der Waals surface area contributed by atoms with E-state index in [1.807, 2.05) is 44.2 Å². The van der Waals surface area contributed by atoms with E-state index in [0.717, 1.165) is 16.9 Å². The summed E-state index contributed by atoms with van der Waals surface area (Å²) in [7, 11) is 1.52. The third-order valence-corrected chi connectivity index (χ3v) is 7.12. The lowest BCUT2D eigenvalue weighted by Gasteiger charge is -2.23. The molecule has 4 rings (SSSR count). The number of amides is 2. The average molecular weight is 549 g/mol. The van der Waals surface area contributed by atoms with Crippen LogP contribution in [0, 0.1) is 0 Å². The van der Waals surface area contributed by atoms with Gasteiger partial charge in [-0.1, -0.05) is 60.4 Å². The first-order chi connectivity index (χ1) is 18.4. The molecule has 38 heavy (non-hydrogen) atoms. The molecule has 0 aliphatic carbocycles. The SMILES string of the molecule is CCOc1ccc(NC(=O)COc2ccc(/C=C3\SC(=S)N([C@H](C)c4ccccc4)C3=O)cc2OC)cc1. The Morgan fingerprint density at radius 1 is 1.05 bits per heavy atom. The summed E-state index contributed by atoms with van der Waals surface area (Å²) in [5.41, 5.74) is 2.41. The van der Waals surface area contributed by atoms with Crippen molar-refractivity contribution >= 4 is 51.9 Å². The van der Waals surface area contributed by atoms with Gasteiger partial charge in [0.1, 0.15) is 10.1 Å². The molecule has 0 aromatic heterocycles. The lowest BCUT2D eigenvalue weighted by molar-refractivity contribution is -0.123. The Labute approximate surface area is 231 Å². The highest BCUT2D eigenvalue weighted by atomic mass is 32.2. The van der Waals surface area contributed by atoms with Crippen molar-refractivity contribution in [3.8, 4) is 17.2 Å². The van der Waals surface area contributed by atoms with Crippen LogP contribution < -0.4 is 19.5 Å². The molecule has 0 bridgehead atoms. The number of thioether (sulfide) groups is 1. The molecule has 1 N–H and O–H groups in total. The molecule has 0 spiro atoms. The number of thiocarbonyl (C=S) groups is 1. The van der Waals surface area contributed by atoms with Gasteiger partial charge < -0.3 is 19.5 Å². The Bertz CT molecular complexity index is 1340. The zero-order valence-electron chi connectivity index (χ0n) is 21.3. The van der Waals surface area contributed by atoms with Gasteiger partial charge in [-0.15, -0.1) is 0 Å². The van der Waals surface area contributed by atoms with Gasteiger partial charge in [-0.2, -0.15) is 0 Å². The molecule has 9 heteroatoms. The lowest BCUT2D eigenvalue weighted by Crippen LogP contribution is -2.30. The number of ether oxygens (including phenoxy) is 3. The Kier molecular flexibility index (Phi) is 9.04. The number of anilines is 1. The van der Waals surface area contributed by atoms with Crippen molar-refractivity contribution in [3.63, 3.8) is 0 Å². The molecule has 1 aliphatic rings. The monoisotopic (exact) mass is 548 g/mol. The van der Waals surface area contributed by atoms with Gasteiger partial charge in [-0.25, -0.2) is 0 Å². The van der Waals surface area contributed by atoms with Gasteiger partial charge in [0.15, 0.2) is 18.1 Å². The molecule has 2 amide bonds. The molecule has 196 valence electrons. The van der Waals surface area contributed by atoms with Crippen molar-refractivity contribution < 1.29 is 23.8 Å². The van der Waals surface area contributed by atoms with Gasteiger partial charge in [0.05, 0.1) is 24.7 Å². The second-order valence-electron chi connectivity index (χ2n) is 8.34. The van der Waals surface area contributed by atoms with E-state index in [-0.39, 0.29) is 24.5 Å². The van der Waals surface area contributed by atoms with Crippen LogP contribution in [0.25, 0.3) is 6.08 Å². The molecule has 0 saturated carbocycles. The van der Waals surface area contributed by atoms with Gasteiger partial charge in [0.25, 0.3) is 11.8 Å². The van der Waals surface area contributed by atoms with Crippen LogP contribution in [0.5, 0.6) is 17.2 Å². The van der Waals surface area contributed by atoms with Crippen molar-refractivity contribution in [3.05, 3.63) is 88.8 Å². The highest BCUT2D eigenvalue weighted by molar-refractivity contribution is 8.26. The quantitative estimate of drug-likeness (QED) is 0.243. The van der Waals surface area contributed by atoms with Crippen LogP contribution >= 0.6 is 24.0 Å². The van der Waals surface area contributed by atoms with Crippen LogP contribution in [0.1, 0.15) is 31.0 Å². The van der Waals surface area contributed by atoms with E-state index >= 15 is 0 Å². The zero-order chi connectivity index (χ0) is 27.1. The van der Waals surface area contributed by atoms with Crippen molar-refractivity contribution in [2.45, 2.75) is 19.9 Å². The van der Waals surface area contributed by atoms with Crippen molar-refractivity contribution in [1.82, 2.24) is 4.90 Å². The van der Waals surface area contributed by atoms with Gasteiger partial charge in [0, 0.05) is 5.69 Å². The van der Waals surface area contributed by atoms with Crippen molar-refractivity contribution in [2.24, 2.45) is 0 Å². The van der Waals surface area contributed by atoms with E-state index in [2.05, 4.69) is 5.32 Å². The topological polar surface area (TPSA) is 77.1 Å². The number of rotatable bonds is 10. The average Bonchev–Trinajstić information content (AvgIpc) is 3.21. The Hall–Kier alpha value is -3.82. The summed E-state index contributed by atoms with van der Waals surface area (Å²) in [6, 6.07) is 22.0. The summed E-state index contributed by atoms with van der Waals surface area (Å²) in [6.45, 7) is 4.25. The number of methoxy groups -OCH3 is 1. The lowest BCUT2D eigenvalue weighted by atomic mass is 10.1. The summed E-state index contributed by atoms with van der Waals surface area (Å²) in [5, 5.41) is 2.79. The van der Waals surface area contributed by atoms with Gasteiger partial charge in [-0.05, 0) is 67.4 Å². The molecule has 3 aromatic rings. The fourth-order valence-corrected chi connectivity index (χ4v) is 5.30. The standard InChI is InChI=1S/C29H28N2O5S2/c1-4-35-23-13-11-22(12-14-23)30-27(32)18-36-24-15-10-20(16-25(24)34-3)17-26-28(33)31(29(37)38-26)19(2)21-8-6-5-7-9-21/h5-17,19H,4,18H2,1-3H3,(H,30,32)/b26-17-/t19-/m1/s1. The minimum absolute atomic E-state index is 0.137. The molecule has 0 radical (unpaired) electrons. The summed E-state index contributed by atoms with van der Waals surface area (Å²) >= 11 is 6.79. The smallest absolute Gasteiger partial charge is 0.266 e. The predicted molar refractivity (Wildman–Crippen MR) is 155 cm³/mol. The second kappa shape index (κ2) is 12.6. The molecule has 3 aromatic carbocycles. The van der Waals surface area contributed by atoms with Crippen molar-refractivity contribution in [1.29, 1.82) is 0 Å². The number of carbonyl (C=O) groups is 2. The Morgan fingerprint density at radius 2 is 1.79 bits per heavy atom. The minimum Gasteiger partial charge on any atom is -0.494 e. The van der Waals surface area contributed by atoms with Crippen molar-refractivity contribution in [2.75, 3.05) is 25.6 Å². The first kappa shape index (κ1) is 27.2. The van der Waals surface area contributed by atoms with E-state index < -0.39 is 0 Å². The van der Waals surface area contributed by atoms with Gasteiger partial charge >= 0.3 is 0 Å². The Balaban J connectivity index is 1.40. The molecule has 1 aliphatic heterocycles. The first-order valence-electron chi connectivity index (χ1n) is 12.0. The Morgan fingerprint density at radius 3 is 2.47 bits per heavy atom. The number of hydrogen-bond acceptors (Lipinski definition) is 7. The summed E-state index contributed by atoms with van der Waals surface area (Å²) in [5.74, 6) is 1.15. The molecule has 1 heterocycles. The predicted octanol–water partition coefficient (Wildman–Crippen LogP) is 6.07. The summed E-state index contributed by atoms with van der Waals surface area (Å²) < 4.78 is 17.1. The number of carbonyl (C=O) groups excluding carboxylic acids is 2. The van der Waals surface area contributed by atoms with E-state index in [0.29, 0.717) is 33.0 Å². The van der Waals surface area contributed by atoms with Crippen LogP contribution in [0.15, 0.2) is 77.7 Å². The van der Waals surface area contributed by atoms with E-state index in [1.165, 1.54) is 18.9 Å². The highest BCUT2D eigenvalue weighted by Gasteiger charge is 2.35. The zero-order valence-corrected chi connectivity index (χ0v) is 22.9. The summed E-state index contributed by atoms with van der Waals surface area (Å²) in [4.78, 5) is 27.7. The fraction of sp³-hybridized carbons (Fsp3) is 0.207. The number of benzene rings is 3. The number of nitrogens with one attached hydrogen (secondary N) is 1. The van der Waals surface area contributed by atoms with E-state index in [4.69, 9.17) is 26.4 Å². The third kappa shape index (κ3) is 6.54. The fourth-order valence-electron chi connectivity index (χ4n) is 3.88. The van der Waals surface area contributed by atoms with Gasteiger partial charge in [0.2, 0.25) is 0 Å².